The number of unbranched alkanes of at least 4 members (excludes halogenated alkanes) is 12. The molecule has 0 atom stereocenters. The van der Waals surface area contributed by atoms with Crippen molar-refractivity contribution in [2.75, 3.05) is 6.54 Å². The number of phenolic OH excluding ortho intramolecular Hbond substituents is 1. The van der Waals surface area contributed by atoms with E-state index in [1.54, 1.807) is 6.07 Å². The molecule has 0 fully saturated rings. The van der Waals surface area contributed by atoms with Crippen molar-refractivity contribution >= 4 is 0 Å². The number of rotatable bonds is 18. The van der Waals surface area contributed by atoms with Gasteiger partial charge in [0.1, 0.15) is 5.75 Å². The van der Waals surface area contributed by atoms with E-state index in [0.29, 0.717) is 5.75 Å². The molecule has 0 amide bonds. The lowest BCUT2D eigenvalue weighted by Gasteiger charge is -2.06. The Bertz CT molecular complexity index is 469. The fourth-order valence-electron chi connectivity index (χ4n) is 3.38. The summed E-state index contributed by atoms with van der Waals surface area (Å²) in [6.45, 7) is 4.08. The van der Waals surface area contributed by atoms with Crippen molar-refractivity contribution in [1.82, 2.24) is 5.32 Å². The molecule has 0 aliphatic heterocycles. The maximum absolute atomic E-state index is 9.71. The van der Waals surface area contributed by atoms with Crippen molar-refractivity contribution in [2.24, 2.45) is 0 Å². The van der Waals surface area contributed by atoms with Crippen molar-refractivity contribution in [1.29, 1.82) is 0 Å². The summed E-state index contributed by atoms with van der Waals surface area (Å²) in [6.07, 6.45) is 23.7. The quantitative estimate of drug-likeness (QED) is 0.206. The molecule has 0 aromatic heterocycles. The maximum atomic E-state index is 9.71. The number of hydrogen-bond acceptors (Lipinski definition) is 2. The average molecular weight is 374 g/mol. The molecule has 0 bridgehead atoms. The van der Waals surface area contributed by atoms with Crippen molar-refractivity contribution < 1.29 is 5.11 Å². The van der Waals surface area contributed by atoms with Crippen LogP contribution in [0.25, 0.3) is 0 Å². The number of allylic oxidation sites excluding steroid dienone is 2. The second kappa shape index (κ2) is 18.1. The minimum absolute atomic E-state index is 0.394. The zero-order valence-electron chi connectivity index (χ0n) is 17.7. The number of phenols is 1. The predicted molar refractivity (Wildman–Crippen MR) is 119 cm³/mol. The van der Waals surface area contributed by atoms with Crippen LogP contribution in [0.2, 0.25) is 0 Å². The Morgan fingerprint density at radius 2 is 1.30 bits per heavy atom. The molecule has 1 aromatic carbocycles. The second-order valence-corrected chi connectivity index (χ2v) is 7.74. The molecule has 2 nitrogen and oxygen atoms in total. The van der Waals surface area contributed by atoms with Gasteiger partial charge in [0, 0.05) is 12.1 Å². The van der Waals surface area contributed by atoms with Crippen LogP contribution in [0.5, 0.6) is 5.75 Å². The zero-order chi connectivity index (χ0) is 19.4. The van der Waals surface area contributed by atoms with Crippen LogP contribution in [-0.2, 0) is 6.54 Å². The second-order valence-electron chi connectivity index (χ2n) is 7.74. The van der Waals surface area contributed by atoms with Crippen LogP contribution in [0, 0.1) is 0 Å². The van der Waals surface area contributed by atoms with Crippen LogP contribution in [0.4, 0.5) is 0 Å². The summed E-state index contributed by atoms with van der Waals surface area (Å²) in [5, 5.41) is 13.1. The standard InChI is InChI=1S/C25H43NO/c1-2-3-4-5-6-7-8-9-10-11-12-13-14-15-16-19-22-26-23-24-20-17-18-21-25(24)27/h9-10,17-18,20-21,26-27H,2-8,11-16,19,22-23H2,1H3/b10-9-. The number of para-hydroxylation sites is 1. The molecular formula is C25H43NO. The highest BCUT2D eigenvalue weighted by atomic mass is 16.3. The Morgan fingerprint density at radius 1 is 0.741 bits per heavy atom. The van der Waals surface area contributed by atoms with Crippen molar-refractivity contribution in [3.05, 3.63) is 42.0 Å². The first kappa shape index (κ1) is 23.8. The average Bonchev–Trinajstić information content (AvgIpc) is 2.68. The number of hydrogen-bond donors (Lipinski definition) is 2. The summed E-state index contributed by atoms with van der Waals surface area (Å²) in [5.41, 5.74) is 0.988. The summed E-state index contributed by atoms with van der Waals surface area (Å²) in [5.74, 6) is 0.394. The summed E-state index contributed by atoms with van der Waals surface area (Å²) in [6, 6.07) is 7.57. The molecule has 0 radical (unpaired) electrons. The lowest BCUT2D eigenvalue weighted by atomic mass is 10.1. The van der Waals surface area contributed by atoms with Gasteiger partial charge in [0.25, 0.3) is 0 Å². The van der Waals surface area contributed by atoms with Crippen LogP contribution < -0.4 is 5.32 Å². The van der Waals surface area contributed by atoms with Gasteiger partial charge in [-0.05, 0) is 44.7 Å². The topological polar surface area (TPSA) is 32.3 Å². The van der Waals surface area contributed by atoms with Gasteiger partial charge in [0.05, 0.1) is 0 Å². The van der Waals surface area contributed by atoms with Crippen LogP contribution in [0.15, 0.2) is 36.4 Å². The van der Waals surface area contributed by atoms with Gasteiger partial charge in [-0.1, -0.05) is 95.1 Å². The van der Waals surface area contributed by atoms with E-state index in [4.69, 9.17) is 0 Å². The number of aromatic hydroxyl groups is 1. The lowest BCUT2D eigenvalue weighted by Crippen LogP contribution is -2.14. The molecule has 154 valence electrons. The Kier molecular flexibility index (Phi) is 15.9. The molecule has 1 aromatic rings. The Hall–Kier alpha value is -1.28. The lowest BCUT2D eigenvalue weighted by molar-refractivity contribution is 0.463. The summed E-state index contributed by atoms with van der Waals surface area (Å²) in [4.78, 5) is 0. The van der Waals surface area contributed by atoms with E-state index in [0.717, 1.165) is 18.7 Å². The smallest absolute Gasteiger partial charge is 0.120 e. The highest BCUT2D eigenvalue weighted by Crippen LogP contribution is 2.15. The molecular weight excluding hydrogens is 330 g/mol. The minimum Gasteiger partial charge on any atom is -0.508 e. The molecule has 0 aliphatic carbocycles. The van der Waals surface area contributed by atoms with Gasteiger partial charge in [-0.15, -0.1) is 0 Å². The van der Waals surface area contributed by atoms with Crippen molar-refractivity contribution in [2.45, 2.75) is 103 Å². The first-order chi connectivity index (χ1) is 13.3. The third-order valence-corrected chi connectivity index (χ3v) is 5.17. The SMILES string of the molecule is CCCCCCCC/C=C\CCCCCCCCNCc1ccccc1O. The molecule has 0 saturated carbocycles. The summed E-state index contributed by atoms with van der Waals surface area (Å²) < 4.78 is 0. The normalized spacial score (nSPS) is 11.4. The number of nitrogens with one attached hydrogen (secondary N) is 1. The highest BCUT2D eigenvalue weighted by Gasteiger charge is 1.98. The fraction of sp³-hybridized carbons (Fsp3) is 0.680. The third-order valence-electron chi connectivity index (χ3n) is 5.17. The van der Waals surface area contributed by atoms with Crippen LogP contribution in [-0.4, -0.2) is 11.7 Å². The predicted octanol–water partition coefficient (Wildman–Crippen LogP) is 7.52. The van der Waals surface area contributed by atoms with Gasteiger partial charge >= 0.3 is 0 Å². The molecule has 0 heterocycles. The first-order valence-corrected chi connectivity index (χ1v) is 11.5. The zero-order valence-corrected chi connectivity index (χ0v) is 17.7. The Balaban J connectivity index is 1.77. The van der Waals surface area contributed by atoms with Gasteiger partial charge < -0.3 is 10.4 Å². The van der Waals surface area contributed by atoms with E-state index >= 15 is 0 Å². The van der Waals surface area contributed by atoms with E-state index in [2.05, 4.69) is 24.4 Å². The minimum atomic E-state index is 0.394. The first-order valence-electron chi connectivity index (χ1n) is 11.5. The van der Waals surface area contributed by atoms with E-state index in [1.807, 2.05) is 18.2 Å². The van der Waals surface area contributed by atoms with E-state index in [1.165, 1.54) is 89.9 Å². The van der Waals surface area contributed by atoms with Gasteiger partial charge in [-0.2, -0.15) is 0 Å². The molecule has 0 spiro atoms. The molecule has 1 rings (SSSR count). The van der Waals surface area contributed by atoms with Gasteiger partial charge in [0.15, 0.2) is 0 Å². The number of benzene rings is 1. The van der Waals surface area contributed by atoms with Gasteiger partial charge in [-0.3, -0.25) is 0 Å². The van der Waals surface area contributed by atoms with Crippen molar-refractivity contribution in [3.8, 4) is 5.75 Å². The maximum Gasteiger partial charge on any atom is 0.120 e. The molecule has 0 unspecified atom stereocenters. The fourth-order valence-corrected chi connectivity index (χ4v) is 3.38. The van der Waals surface area contributed by atoms with Crippen LogP contribution in [0.1, 0.15) is 102 Å². The highest BCUT2D eigenvalue weighted by molar-refractivity contribution is 5.31. The summed E-state index contributed by atoms with van der Waals surface area (Å²) >= 11 is 0. The molecule has 0 saturated heterocycles. The molecule has 2 heteroatoms. The summed E-state index contributed by atoms with van der Waals surface area (Å²) in [7, 11) is 0. The largest absolute Gasteiger partial charge is 0.508 e. The Morgan fingerprint density at radius 3 is 1.93 bits per heavy atom. The van der Waals surface area contributed by atoms with Crippen molar-refractivity contribution in [3.63, 3.8) is 0 Å². The Labute approximate surface area is 168 Å². The van der Waals surface area contributed by atoms with E-state index < -0.39 is 0 Å². The van der Waals surface area contributed by atoms with E-state index in [9.17, 15) is 5.11 Å². The monoisotopic (exact) mass is 373 g/mol. The van der Waals surface area contributed by atoms with Crippen LogP contribution >= 0.6 is 0 Å². The third kappa shape index (κ3) is 14.4. The van der Waals surface area contributed by atoms with Crippen LogP contribution in [0.3, 0.4) is 0 Å². The van der Waals surface area contributed by atoms with Gasteiger partial charge in [-0.25, -0.2) is 0 Å². The molecule has 2 N–H and O–H groups in total. The van der Waals surface area contributed by atoms with Gasteiger partial charge in [0.2, 0.25) is 0 Å². The van der Waals surface area contributed by atoms with E-state index in [-0.39, 0.29) is 0 Å². The molecule has 27 heavy (non-hydrogen) atoms. The molecule has 0 aliphatic rings.